The van der Waals surface area contributed by atoms with Crippen LogP contribution in [0, 0.1) is 5.82 Å². The van der Waals surface area contributed by atoms with E-state index in [1.807, 2.05) is 36.4 Å². The molecule has 1 aromatic heterocycles. The number of rotatable bonds is 6. The number of carbonyl (C=O) groups is 1. The van der Waals surface area contributed by atoms with Crippen molar-refractivity contribution in [3.63, 3.8) is 0 Å². The molecule has 1 heterocycles. The van der Waals surface area contributed by atoms with Crippen LogP contribution >= 0.6 is 23.2 Å². The fourth-order valence-electron chi connectivity index (χ4n) is 4.00. The zero-order valence-electron chi connectivity index (χ0n) is 19.5. The Morgan fingerprint density at radius 1 is 0.971 bits per heavy atom. The highest BCUT2D eigenvalue weighted by molar-refractivity contribution is 6.32. The standard InChI is InChI=1S/C28H27Cl2FN2O/c1-28(2,3)21-8-4-19(5-9-21)17-33(15-13-18-6-10-22(29)11-7-18)27(34)24-25(31)23(30)16-20-12-14-32-26(20)24/h4-12,14,16,32H,13,15,17H2,1-3H3. The number of nitrogens with one attached hydrogen (secondary N) is 1. The van der Waals surface area contributed by atoms with Crippen molar-refractivity contribution in [1.82, 2.24) is 9.88 Å². The molecule has 0 aliphatic rings. The van der Waals surface area contributed by atoms with Crippen molar-refractivity contribution >= 4 is 40.0 Å². The molecular weight excluding hydrogens is 470 g/mol. The van der Waals surface area contributed by atoms with Gasteiger partial charge in [0.15, 0.2) is 5.82 Å². The number of fused-ring (bicyclic) bond motifs is 1. The average molecular weight is 497 g/mol. The normalized spacial score (nSPS) is 11.7. The third-order valence-electron chi connectivity index (χ3n) is 6.02. The van der Waals surface area contributed by atoms with Gasteiger partial charge in [0.05, 0.1) is 10.5 Å². The molecule has 4 rings (SSSR count). The quantitative estimate of drug-likeness (QED) is 0.290. The van der Waals surface area contributed by atoms with E-state index in [4.69, 9.17) is 23.2 Å². The second-order valence-corrected chi connectivity index (χ2v) is 10.4. The van der Waals surface area contributed by atoms with Gasteiger partial charge in [-0.3, -0.25) is 4.79 Å². The topological polar surface area (TPSA) is 36.1 Å². The van der Waals surface area contributed by atoms with Gasteiger partial charge in [-0.1, -0.05) is 80.4 Å². The van der Waals surface area contributed by atoms with E-state index < -0.39 is 11.7 Å². The van der Waals surface area contributed by atoms with Crippen LogP contribution in [-0.4, -0.2) is 22.3 Å². The molecule has 34 heavy (non-hydrogen) atoms. The van der Waals surface area contributed by atoms with Crippen molar-refractivity contribution in [2.45, 2.75) is 39.2 Å². The summed E-state index contributed by atoms with van der Waals surface area (Å²) in [7, 11) is 0. The van der Waals surface area contributed by atoms with Gasteiger partial charge in [0.1, 0.15) is 5.56 Å². The third-order valence-corrected chi connectivity index (χ3v) is 6.55. The van der Waals surface area contributed by atoms with E-state index in [0.29, 0.717) is 35.4 Å². The first-order valence-electron chi connectivity index (χ1n) is 11.2. The molecule has 0 saturated heterocycles. The monoisotopic (exact) mass is 496 g/mol. The number of hydrogen-bond donors (Lipinski definition) is 1. The molecule has 3 nitrogen and oxygen atoms in total. The lowest BCUT2D eigenvalue weighted by atomic mass is 9.87. The Bertz CT molecular complexity index is 1310. The van der Waals surface area contributed by atoms with Gasteiger partial charge < -0.3 is 9.88 Å². The van der Waals surface area contributed by atoms with Crippen LogP contribution in [0.1, 0.15) is 47.8 Å². The van der Waals surface area contributed by atoms with Gasteiger partial charge >= 0.3 is 0 Å². The lowest BCUT2D eigenvalue weighted by Gasteiger charge is -2.25. The maximum atomic E-state index is 15.1. The number of nitrogens with zero attached hydrogens (tertiary/aromatic N) is 1. The first kappa shape index (κ1) is 24.3. The summed E-state index contributed by atoms with van der Waals surface area (Å²) in [4.78, 5) is 18.4. The van der Waals surface area contributed by atoms with Crippen LogP contribution in [0.4, 0.5) is 4.39 Å². The second-order valence-electron chi connectivity index (χ2n) is 9.54. The summed E-state index contributed by atoms with van der Waals surface area (Å²) >= 11 is 12.1. The summed E-state index contributed by atoms with van der Waals surface area (Å²) in [5.74, 6) is -1.11. The Balaban J connectivity index is 1.67. The molecule has 0 fully saturated rings. The minimum absolute atomic E-state index is 0.0325. The summed E-state index contributed by atoms with van der Waals surface area (Å²) in [5, 5.41) is 1.29. The van der Waals surface area contributed by atoms with Crippen molar-refractivity contribution in [1.29, 1.82) is 0 Å². The number of benzene rings is 3. The molecule has 176 valence electrons. The number of amides is 1. The number of hydrogen-bond acceptors (Lipinski definition) is 1. The molecule has 0 atom stereocenters. The van der Waals surface area contributed by atoms with Gasteiger partial charge in [0.25, 0.3) is 5.91 Å². The van der Waals surface area contributed by atoms with Crippen molar-refractivity contribution in [2.24, 2.45) is 0 Å². The highest BCUT2D eigenvalue weighted by Crippen LogP contribution is 2.29. The second kappa shape index (κ2) is 9.81. The zero-order valence-corrected chi connectivity index (χ0v) is 21.0. The van der Waals surface area contributed by atoms with Crippen LogP contribution in [0.5, 0.6) is 0 Å². The van der Waals surface area contributed by atoms with E-state index in [1.165, 1.54) is 11.6 Å². The first-order valence-corrected chi connectivity index (χ1v) is 12.0. The molecule has 0 bridgehead atoms. The van der Waals surface area contributed by atoms with Gasteiger partial charge in [-0.15, -0.1) is 0 Å². The van der Waals surface area contributed by atoms with Gasteiger partial charge in [-0.25, -0.2) is 4.39 Å². The first-order chi connectivity index (χ1) is 16.1. The Hall–Kier alpha value is -2.82. The molecule has 0 aliphatic heterocycles. The summed E-state index contributed by atoms with van der Waals surface area (Å²) < 4.78 is 15.1. The molecule has 0 unspecified atom stereocenters. The Labute approximate surface area is 209 Å². The van der Waals surface area contributed by atoms with Crippen molar-refractivity contribution < 1.29 is 9.18 Å². The largest absolute Gasteiger partial charge is 0.360 e. The SMILES string of the molecule is CC(C)(C)c1ccc(CN(CCc2ccc(Cl)cc2)C(=O)c2c(F)c(Cl)cc3cc[nH]c23)cc1. The van der Waals surface area contributed by atoms with E-state index in [1.54, 1.807) is 17.2 Å². The number of carbonyl (C=O) groups excluding carboxylic acids is 1. The number of H-pyrrole nitrogens is 1. The fourth-order valence-corrected chi connectivity index (χ4v) is 4.34. The highest BCUT2D eigenvalue weighted by Gasteiger charge is 2.25. The minimum Gasteiger partial charge on any atom is -0.360 e. The van der Waals surface area contributed by atoms with Gasteiger partial charge in [0, 0.05) is 29.7 Å². The molecule has 0 spiro atoms. The van der Waals surface area contributed by atoms with Crippen LogP contribution in [-0.2, 0) is 18.4 Å². The molecule has 1 N–H and O–H groups in total. The van der Waals surface area contributed by atoms with Crippen LogP contribution in [0.2, 0.25) is 10.0 Å². The summed E-state index contributed by atoms with van der Waals surface area (Å²) in [5.41, 5.74) is 3.68. The number of aromatic nitrogens is 1. The van der Waals surface area contributed by atoms with Crippen molar-refractivity contribution in [3.8, 4) is 0 Å². The molecule has 0 aliphatic carbocycles. The Morgan fingerprint density at radius 2 is 1.62 bits per heavy atom. The smallest absolute Gasteiger partial charge is 0.259 e. The Morgan fingerprint density at radius 3 is 2.26 bits per heavy atom. The van der Waals surface area contributed by atoms with E-state index in [2.05, 4.69) is 37.9 Å². The van der Waals surface area contributed by atoms with E-state index in [9.17, 15) is 4.79 Å². The Kier molecular flexibility index (Phi) is 7.01. The fraction of sp³-hybridized carbons (Fsp3) is 0.250. The maximum absolute atomic E-state index is 15.1. The van der Waals surface area contributed by atoms with Gasteiger partial charge in [0.2, 0.25) is 0 Å². The predicted octanol–water partition coefficient (Wildman–Crippen LogP) is 7.80. The molecule has 1 amide bonds. The lowest BCUT2D eigenvalue weighted by Crippen LogP contribution is -2.33. The number of halogens is 3. The molecule has 3 aromatic carbocycles. The predicted molar refractivity (Wildman–Crippen MR) is 138 cm³/mol. The molecular formula is C28H27Cl2FN2O. The zero-order chi connectivity index (χ0) is 24.5. The van der Waals surface area contributed by atoms with Gasteiger partial charge in [-0.2, -0.15) is 0 Å². The summed E-state index contributed by atoms with van der Waals surface area (Å²) in [6.07, 6.45) is 2.29. The van der Waals surface area contributed by atoms with Gasteiger partial charge in [-0.05, 0) is 52.8 Å². The van der Waals surface area contributed by atoms with E-state index in [0.717, 1.165) is 11.1 Å². The summed E-state index contributed by atoms with van der Waals surface area (Å²) in [6.45, 7) is 7.25. The molecule has 4 aromatic rings. The minimum atomic E-state index is -0.707. The van der Waals surface area contributed by atoms with Crippen molar-refractivity contribution in [3.05, 3.63) is 105 Å². The average Bonchev–Trinajstić information content (AvgIpc) is 3.25. The summed E-state index contributed by atoms with van der Waals surface area (Å²) in [6, 6.07) is 19.1. The maximum Gasteiger partial charge on any atom is 0.259 e. The van der Waals surface area contributed by atoms with Crippen LogP contribution in [0.15, 0.2) is 66.9 Å². The third kappa shape index (κ3) is 5.29. The molecule has 0 saturated carbocycles. The molecule has 0 radical (unpaired) electrons. The van der Waals surface area contributed by atoms with E-state index in [-0.39, 0.29) is 16.0 Å². The molecule has 6 heteroatoms. The highest BCUT2D eigenvalue weighted by atomic mass is 35.5. The lowest BCUT2D eigenvalue weighted by molar-refractivity contribution is 0.0742. The number of aromatic amines is 1. The van der Waals surface area contributed by atoms with Crippen LogP contribution in [0.3, 0.4) is 0 Å². The van der Waals surface area contributed by atoms with Crippen LogP contribution in [0.25, 0.3) is 10.9 Å². The van der Waals surface area contributed by atoms with Crippen LogP contribution < -0.4 is 0 Å². The van der Waals surface area contributed by atoms with E-state index >= 15 is 4.39 Å². The van der Waals surface area contributed by atoms with Crippen molar-refractivity contribution in [2.75, 3.05) is 6.54 Å².